The van der Waals surface area contributed by atoms with E-state index < -0.39 is 0 Å². The summed E-state index contributed by atoms with van der Waals surface area (Å²) in [5, 5.41) is 0.531. The Balaban J connectivity index is 2.05. The fourth-order valence-corrected chi connectivity index (χ4v) is 2.25. The van der Waals surface area contributed by atoms with Crippen LogP contribution in [0.2, 0.25) is 5.02 Å². The lowest BCUT2D eigenvalue weighted by atomic mass is 10.0. The third-order valence-corrected chi connectivity index (χ3v) is 3.50. The lowest BCUT2D eigenvalue weighted by Crippen LogP contribution is -2.04. The van der Waals surface area contributed by atoms with Crippen LogP contribution in [0.25, 0.3) is 0 Å². The highest BCUT2D eigenvalue weighted by Crippen LogP contribution is 2.24. The lowest BCUT2D eigenvalue weighted by molar-refractivity contribution is 0.0980. The number of ketones is 1. The van der Waals surface area contributed by atoms with Crippen LogP contribution in [0.15, 0.2) is 42.5 Å². The number of Topliss-reactive ketones (excluding diaryl/α,β-unsaturated/α-hetero) is 1. The first-order valence-electron chi connectivity index (χ1n) is 6.63. The van der Waals surface area contributed by atoms with Gasteiger partial charge < -0.3 is 9.47 Å². The SMILES string of the molecule is COc1ccc(CCC(=O)c2cc(Cl)ccc2OC)cc1. The van der Waals surface area contributed by atoms with E-state index in [9.17, 15) is 4.79 Å². The van der Waals surface area contributed by atoms with Gasteiger partial charge in [-0.3, -0.25) is 4.79 Å². The van der Waals surface area contributed by atoms with Crippen molar-refractivity contribution in [1.82, 2.24) is 0 Å². The third-order valence-electron chi connectivity index (χ3n) is 3.26. The zero-order valence-corrected chi connectivity index (χ0v) is 12.8. The molecule has 2 aromatic rings. The van der Waals surface area contributed by atoms with E-state index in [-0.39, 0.29) is 5.78 Å². The quantitative estimate of drug-likeness (QED) is 0.751. The van der Waals surface area contributed by atoms with Crippen LogP contribution in [-0.2, 0) is 6.42 Å². The highest BCUT2D eigenvalue weighted by molar-refractivity contribution is 6.31. The van der Waals surface area contributed by atoms with Gasteiger partial charge in [-0.1, -0.05) is 23.7 Å². The van der Waals surface area contributed by atoms with Gasteiger partial charge in [0.15, 0.2) is 5.78 Å². The van der Waals surface area contributed by atoms with Crippen molar-refractivity contribution in [3.8, 4) is 11.5 Å². The molecule has 0 unspecified atom stereocenters. The summed E-state index contributed by atoms with van der Waals surface area (Å²) in [7, 11) is 3.17. The van der Waals surface area contributed by atoms with Crippen LogP contribution in [-0.4, -0.2) is 20.0 Å². The van der Waals surface area contributed by atoms with Gasteiger partial charge in [-0.2, -0.15) is 0 Å². The van der Waals surface area contributed by atoms with Crippen molar-refractivity contribution < 1.29 is 14.3 Å². The van der Waals surface area contributed by atoms with Gasteiger partial charge in [0, 0.05) is 11.4 Å². The van der Waals surface area contributed by atoms with Crippen LogP contribution >= 0.6 is 11.6 Å². The molecular formula is C17H17ClO3. The Morgan fingerprint density at radius 2 is 1.76 bits per heavy atom. The Labute approximate surface area is 129 Å². The summed E-state index contributed by atoms with van der Waals surface area (Å²) in [6.07, 6.45) is 1.07. The molecule has 0 radical (unpaired) electrons. The van der Waals surface area contributed by atoms with Crippen molar-refractivity contribution in [2.24, 2.45) is 0 Å². The number of ether oxygens (including phenoxy) is 2. The minimum Gasteiger partial charge on any atom is -0.497 e. The summed E-state index contributed by atoms with van der Waals surface area (Å²) in [6, 6.07) is 12.8. The molecule has 0 N–H and O–H groups in total. The molecule has 0 aliphatic carbocycles. The molecule has 0 saturated heterocycles. The van der Waals surface area contributed by atoms with Gasteiger partial charge >= 0.3 is 0 Å². The van der Waals surface area contributed by atoms with Gasteiger partial charge in [0.1, 0.15) is 11.5 Å². The molecule has 3 nitrogen and oxygen atoms in total. The van der Waals surface area contributed by atoms with Gasteiger partial charge in [-0.05, 0) is 42.3 Å². The monoisotopic (exact) mass is 304 g/mol. The number of hydrogen-bond acceptors (Lipinski definition) is 3. The largest absolute Gasteiger partial charge is 0.497 e. The average Bonchev–Trinajstić information content (AvgIpc) is 2.53. The Bertz CT molecular complexity index is 620. The summed E-state index contributed by atoms with van der Waals surface area (Å²) >= 11 is 5.95. The summed E-state index contributed by atoms with van der Waals surface area (Å²) in [6.45, 7) is 0. The molecule has 4 heteroatoms. The number of halogens is 1. The first-order valence-corrected chi connectivity index (χ1v) is 7.01. The third kappa shape index (κ3) is 3.99. The summed E-state index contributed by atoms with van der Waals surface area (Å²) < 4.78 is 10.3. The van der Waals surface area contributed by atoms with Crippen molar-refractivity contribution in [2.45, 2.75) is 12.8 Å². The zero-order chi connectivity index (χ0) is 15.2. The number of benzene rings is 2. The van der Waals surface area contributed by atoms with E-state index in [1.54, 1.807) is 32.4 Å². The maximum Gasteiger partial charge on any atom is 0.166 e. The number of methoxy groups -OCH3 is 2. The minimum atomic E-state index is 0.0187. The topological polar surface area (TPSA) is 35.5 Å². The predicted molar refractivity (Wildman–Crippen MR) is 83.6 cm³/mol. The molecule has 0 amide bonds. The number of aryl methyl sites for hydroxylation is 1. The molecule has 110 valence electrons. The second-order valence-corrected chi connectivity index (χ2v) is 5.05. The fraction of sp³-hybridized carbons (Fsp3) is 0.235. The first kappa shape index (κ1) is 15.4. The number of carbonyl (C=O) groups excluding carboxylic acids is 1. The van der Waals surface area contributed by atoms with Crippen LogP contribution in [0.4, 0.5) is 0 Å². The van der Waals surface area contributed by atoms with E-state index in [2.05, 4.69) is 0 Å². The molecule has 0 fully saturated rings. The van der Waals surface area contributed by atoms with Crippen LogP contribution in [0.1, 0.15) is 22.3 Å². The summed E-state index contributed by atoms with van der Waals surface area (Å²) in [4.78, 5) is 12.3. The van der Waals surface area contributed by atoms with Crippen molar-refractivity contribution in [3.63, 3.8) is 0 Å². The molecule has 0 spiro atoms. The van der Waals surface area contributed by atoms with Crippen LogP contribution in [0.5, 0.6) is 11.5 Å². The van der Waals surface area contributed by atoms with Gasteiger partial charge in [-0.15, -0.1) is 0 Å². The van der Waals surface area contributed by atoms with Gasteiger partial charge in [0.25, 0.3) is 0 Å². The lowest BCUT2D eigenvalue weighted by Gasteiger charge is -2.08. The highest BCUT2D eigenvalue weighted by atomic mass is 35.5. The second kappa shape index (κ2) is 7.14. The zero-order valence-electron chi connectivity index (χ0n) is 12.1. The molecule has 21 heavy (non-hydrogen) atoms. The van der Waals surface area contributed by atoms with Crippen LogP contribution < -0.4 is 9.47 Å². The van der Waals surface area contributed by atoms with E-state index in [0.29, 0.717) is 29.2 Å². The van der Waals surface area contributed by atoms with E-state index in [1.807, 2.05) is 24.3 Å². The molecule has 0 aliphatic rings. The molecule has 0 saturated carbocycles. The number of hydrogen-bond donors (Lipinski definition) is 0. The smallest absolute Gasteiger partial charge is 0.166 e. The molecular weight excluding hydrogens is 288 g/mol. The molecule has 0 bridgehead atoms. The molecule has 0 heterocycles. The summed E-state index contributed by atoms with van der Waals surface area (Å²) in [5.41, 5.74) is 1.61. The Morgan fingerprint density at radius 3 is 2.38 bits per heavy atom. The second-order valence-electron chi connectivity index (χ2n) is 4.62. The van der Waals surface area contributed by atoms with Gasteiger partial charge in [0.05, 0.1) is 19.8 Å². The van der Waals surface area contributed by atoms with Crippen molar-refractivity contribution in [1.29, 1.82) is 0 Å². The van der Waals surface area contributed by atoms with Crippen molar-refractivity contribution in [2.75, 3.05) is 14.2 Å². The highest BCUT2D eigenvalue weighted by Gasteiger charge is 2.13. The number of rotatable bonds is 6. The van der Waals surface area contributed by atoms with Crippen molar-refractivity contribution >= 4 is 17.4 Å². The number of carbonyl (C=O) groups is 1. The van der Waals surface area contributed by atoms with Crippen molar-refractivity contribution in [3.05, 3.63) is 58.6 Å². The standard InChI is InChI=1S/C17H17ClO3/c1-20-14-7-3-12(4-8-14)5-9-16(19)15-11-13(18)6-10-17(15)21-2/h3-4,6-8,10-11H,5,9H2,1-2H3. The molecule has 2 rings (SSSR count). The van der Waals surface area contributed by atoms with Gasteiger partial charge in [0.2, 0.25) is 0 Å². The predicted octanol–water partition coefficient (Wildman–Crippen LogP) is 4.17. The van der Waals surface area contributed by atoms with E-state index in [1.165, 1.54) is 0 Å². The minimum absolute atomic E-state index is 0.0187. The first-order chi connectivity index (χ1) is 10.1. The Kier molecular flexibility index (Phi) is 5.23. The van der Waals surface area contributed by atoms with Crippen LogP contribution in [0.3, 0.4) is 0 Å². The fourth-order valence-electron chi connectivity index (χ4n) is 2.08. The maximum absolute atomic E-state index is 12.3. The summed E-state index contributed by atoms with van der Waals surface area (Å²) in [5.74, 6) is 1.38. The van der Waals surface area contributed by atoms with E-state index >= 15 is 0 Å². The normalized spacial score (nSPS) is 10.2. The van der Waals surface area contributed by atoms with E-state index in [0.717, 1.165) is 11.3 Å². The molecule has 2 aromatic carbocycles. The molecule has 0 aromatic heterocycles. The average molecular weight is 305 g/mol. The van der Waals surface area contributed by atoms with Gasteiger partial charge in [-0.25, -0.2) is 0 Å². The molecule has 0 atom stereocenters. The van der Waals surface area contributed by atoms with Crippen LogP contribution in [0, 0.1) is 0 Å². The molecule has 0 aliphatic heterocycles. The Morgan fingerprint density at radius 1 is 1.05 bits per heavy atom. The Hall–Kier alpha value is -2.00. The maximum atomic E-state index is 12.3. The van der Waals surface area contributed by atoms with E-state index in [4.69, 9.17) is 21.1 Å².